The average Bonchev–Trinajstić information content (AvgIpc) is 1.40. The van der Waals surface area contributed by atoms with Gasteiger partial charge in [-0.3, -0.25) is 63.1 Å². The molecule has 34 heteroatoms. The Labute approximate surface area is 617 Å². The van der Waals surface area contributed by atoms with Crippen LogP contribution in [0.15, 0.2) is 60.0 Å². The Balaban J connectivity index is 1.17. The first-order valence-corrected chi connectivity index (χ1v) is 38.4. The summed E-state index contributed by atoms with van der Waals surface area (Å²) < 4.78 is 16.8. The highest BCUT2D eigenvalue weighted by atomic mass is 33.1. The van der Waals surface area contributed by atoms with Crippen LogP contribution in [0.2, 0.25) is 0 Å². The van der Waals surface area contributed by atoms with Crippen molar-refractivity contribution in [3.8, 4) is 5.75 Å². The van der Waals surface area contributed by atoms with Crippen LogP contribution in [-0.4, -0.2) is 205 Å². The maximum Gasteiger partial charge on any atom is 0.426 e. The Bertz CT molecular complexity index is 3370. The highest BCUT2D eigenvalue weighted by Gasteiger charge is 2.40. The van der Waals surface area contributed by atoms with Crippen molar-refractivity contribution >= 4 is 110 Å². The van der Waals surface area contributed by atoms with Gasteiger partial charge in [0.2, 0.25) is 35.4 Å². The van der Waals surface area contributed by atoms with Gasteiger partial charge in [0.05, 0.1) is 12.5 Å². The fourth-order valence-corrected chi connectivity index (χ4v) is 14.4. The Morgan fingerprint density at radius 2 is 1.39 bits per heavy atom. The van der Waals surface area contributed by atoms with Gasteiger partial charge < -0.3 is 71.4 Å². The first-order chi connectivity index (χ1) is 49.5. The molecule has 0 radical (unpaired) electrons. The van der Waals surface area contributed by atoms with E-state index in [0.29, 0.717) is 30.4 Å². The van der Waals surface area contributed by atoms with Gasteiger partial charge in [-0.2, -0.15) is 0 Å². The molecule has 5 rings (SSSR count). The van der Waals surface area contributed by atoms with E-state index in [1.165, 1.54) is 29.3 Å². The van der Waals surface area contributed by atoms with Crippen LogP contribution in [-0.2, 0) is 79.8 Å². The fraction of sp³-hybridized carbons (Fsp3) is 0.600. The lowest BCUT2D eigenvalue weighted by Crippen LogP contribution is -2.59. The molecular formula is C70H101N11O20S3. The first-order valence-electron chi connectivity index (χ1n) is 35.0. The number of phenols is 1. The molecule has 2 aromatic carbocycles. The van der Waals surface area contributed by atoms with E-state index in [2.05, 4.69) is 47.7 Å². The number of likely N-dealkylation sites (tertiary alicyclic amines) is 1. The van der Waals surface area contributed by atoms with Crippen molar-refractivity contribution in [2.24, 2.45) is 17.8 Å². The maximum atomic E-state index is 15.0. The van der Waals surface area contributed by atoms with Crippen LogP contribution in [0.5, 0.6) is 5.75 Å². The van der Waals surface area contributed by atoms with Gasteiger partial charge in [-0.25, -0.2) is 20.0 Å². The van der Waals surface area contributed by atoms with Gasteiger partial charge in [0.25, 0.3) is 5.91 Å². The molecule has 104 heavy (non-hydrogen) atoms. The second kappa shape index (κ2) is 44.3. The van der Waals surface area contributed by atoms with Gasteiger partial charge in [-0.15, -0.1) is 11.3 Å². The summed E-state index contributed by atoms with van der Waals surface area (Å²) in [5, 5.41) is 57.3. The molecule has 1 saturated carbocycles. The number of hydrogen-bond donors (Lipinski definition) is 12. The number of hydrogen-bond acceptors (Lipinski definition) is 23. The van der Waals surface area contributed by atoms with E-state index in [4.69, 9.17) is 14.2 Å². The lowest BCUT2D eigenvalue weighted by Gasteiger charge is -2.39. The van der Waals surface area contributed by atoms with Crippen molar-refractivity contribution in [3.05, 3.63) is 81.8 Å². The molecule has 12 N–H and O–H groups in total. The standard InChI is InChI=1S/C70H101N11O20S3/c1-9-17-59(87)100-39-81(67(93)60(41(5)10-2)77-65(92)54-22-14-15-29-80(54)8)55(40(3)4)36-56(101-43(7)82)66-76-52(37-102-66)64(91)72-47(33-45-23-25-48(83)26-24-45)32-42(6)61(88)78-79-70(98)99-30-31-103-104-38-53(69(96)97)75-62(89)50(34-44-18-12-11-13-19-44)74-63(90)51(35-58(85)86)73-57(84)28-27-49(68(94)95)71-46-20-16-21-46/h11-13,18-19,23-26,37,40-42,46-47,49-51,53-56,60,71,83H,9-10,14-17,20-22,27-36,38-39H2,1-8H3,(H,72,91)(H,73,84)(H,74,90)(H,75,89)(H,77,92)(H,78,88)(H,79,98)(H,85,86)(H,94,95)(H,96,97)/t41?,42-,47+,49-,50-,51-,53-,54+,55+,56+,60-/m0/s1. The number of carboxylic acids is 3. The lowest BCUT2D eigenvalue weighted by molar-refractivity contribution is -0.160. The zero-order valence-electron chi connectivity index (χ0n) is 60.0. The SMILES string of the molecule is CCCC(=O)OCN(C(=O)[C@@H](NC(=O)[C@H]1CCCCN1C)C(C)CC)[C@H](C[C@@H](OC(C)=O)c1nc(C(=O)N[C@@H](Cc2ccc(O)cc2)C[C@H](C)C(=O)NNC(=O)OCCSSC[C@H](NC(=O)[C@H](Cc2ccccc2)NC(=O)[C@H](CC(=O)O)NC(=O)CC[C@H](NC2CCC2)C(=O)O)C(=O)O)cs1)C(C)C. The largest absolute Gasteiger partial charge is 0.508 e. The Hall–Kier alpha value is -8.60. The number of ether oxygens (including phenoxy) is 3. The number of likely N-dealkylation sites (N-methyl/N-ethyl adjacent to an activating group) is 1. The molecule has 11 atom stereocenters. The zero-order valence-corrected chi connectivity index (χ0v) is 62.5. The Morgan fingerprint density at radius 3 is 2.01 bits per heavy atom. The second-order valence-electron chi connectivity index (χ2n) is 26.4. The number of carbonyl (C=O) groups is 13. The van der Waals surface area contributed by atoms with E-state index in [-0.39, 0.29) is 103 Å². The predicted molar refractivity (Wildman–Crippen MR) is 386 cm³/mol. The Morgan fingerprint density at radius 1 is 0.721 bits per heavy atom. The molecule has 31 nitrogen and oxygen atoms in total. The molecule has 1 aromatic heterocycles. The van der Waals surface area contributed by atoms with Crippen LogP contribution in [0.3, 0.4) is 0 Å². The van der Waals surface area contributed by atoms with Crippen LogP contribution in [0.1, 0.15) is 171 Å². The number of nitrogens with one attached hydrogen (secondary N) is 8. The van der Waals surface area contributed by atoms with Crippen molar-refractivity contribution in [3.63, 3.8) is 0 Å². The number of piperidine rings is 1. The molecule has 574 valence electrons. The number of thiazole rings is 1. The Kier molecular flexibility index (Phi) is 36.6. The van der Waals surface area contributed by atoms with E-state index in [0.717, 1.165) is 71.6 Å². The summed E-state index contributed by atoms with van der Waals surface area (Å²) in [5.74, 6) is -12.0. The minimum atomic E-state index is -1.70. The molecule has 8 amide bonds. The number of rotatable bonds is 44. The molecule has 1 aliphatic carbocycles. The first kappa shape index (κ1) is 86.0. The third-order valence-corrected chi connectivity index (χ3v) is 21.1. The van der Waals surface area contributed by atoms with E-state index < -0.39 is 145 Å². The summed E-state index contributed by atoms with van der Waals surface area (Å²) in [6, 6.07) is 5.76. The molecule has 0 bridgehead atoms. The number of aliphatic carboxylic acids is 3. The van der Waals surface area contributed by atoms with Crippen molar-refractivity contribution < 1.29 is 97.0 Å². The van der Waals surface area contributed by atoms with Crippen LogP contribution in [0.4, 0.5) is 4.79 Å². The number of carboxylic acid groups (broad SMARTS) is 3. The molecule has 0 spiro atoms. The van der Waals surface area contributed by atoms with Crippen LogP contribution in [0, 0.1) is 17.8 Å². The number of hydrazine groups is 1. The molecule has 1 aliphatic heterocycles. The van der Waals surface area contributed by atoms with Crippen LogP contribution < -0.4 is 42.8 Å². The molecule has 2 heterocycles. The van der Waals surface area contributed by atoms with Gasteiger partial charge in [0, 0.05) is 73.5 Å². The van der Waals surface area contributed by atoms with Gasteiger partial charge in [0.1, 0.15) is 53.3 Å². The van der Waals surface area contributed by atoms with Gasteiger partial charge >= 0.3 is 35.9 Å². The van der Waals surface area contributed by atoms with Crippen LogP contribution in [0.25, 0.3) is 0 Å². The van der Waals surface area contributed by atoms with Crippen molar-refractivity contribution in [1.29, 1.82) is 0 Å². The van der Waals surface area contributed by atoms with Gasteiger partial charge in [0.15, 0.2) is 12.8 Å². The monoisotopic (exact) mass is 1510 g/mol. The molecule has 1 saturated heterocycles. The van der Waals surface area contributed by atoms with Crippen molar-refractivity contribution in [1.82, 2.24) is 57.5 Å². The van der Waals surface area contributed by atoms with E-state index in [1.807, 2.05) is 46.6 Å². The smallest absolute Gasteiger partial charge is 0.426 e. The number of esters is 2. The van der Waals surface area contributed by atoms with Gasteiger partial charge in [-0.1, -0.05) is 125 Å². The molecule has 3 aromatic rings. The van der Waals surface area contributed by atoms with Crippen LogP contribution >= 0.6 is 32.9 Å². The van der Waals surface area contributed by atoms with E-state index >= 15 is 4.79 Å². The molecule has 1 unspecified atom stereocenters. The summed E-state index contributed by atoms with van der Waals surface area (Å²) >= 11 is 1.03. The highest BCUT2D eigenvalue weighted by Crippen LogP contribution is 2.33. The third-order valence-electron chi connectivity index (χ3n) is 17.8. The van der Waals surface area contributed by atoms with Crippen molar-refractivity contribution in [2.75, 3.05) is 38.4 Å². The zero-order chi connectivity index (χ0) is 76.6. The lowest BCUT2D eigenvalue weighted by atomic mass is 9.92. The quantitative estimate of drug-likeness (QED) is 0.00869. The summed E-state index contributed by atoms with van der Waals surface area (Å²) in [7, 11) is 3.95. The number of aromatic nitrogens is 1. The third kappa shape index (κ3) is 29.5. The number of phenolic OH excluding ortho intramolecular Hbond substituents is 1. The minimum absolute atomic E-state index is 0.000910. The maximum absolute atomic E-state index is 15.0. The number of nitrogens with zero attached hydrogens (tertiary/aromatic N) is 3. The number of amides is 8. The highest BCUT2D eigenvalue weighted by molar-refractivity contribution is 8.76. The normalized spacial score (nSPS) is 16.6. The number of aromatic hydroxyl groups is 1. The number of benzene rings is 2. The van der Waals surface area contributed by atoms with E-state index in [1.54, 1.807) is 49.4 Å². The molecule has 2 aliphatic rings. The minimum Gasteiger partial charge on any atom is -0.508 e. The summed E-state index contributed by atoms with van der Waals surface area (Å²) in [5.41, 5.74) is 5.63. The molecular weight excluding hydrogens is 1410 g/mol. The molecule has 2 fully saturated rings. The summed E-state index contributed by atoms with van der Waals surface area (Å²) in [6.07, 6.45) is 2.38. The topological polar surface area (TPSA) is 446 Å². The fourth-order valence-electron chi connectivity index (χ4n) is 11.5. The number of carbonyl (C=O) groups excluding carboxylic acids is 10. The summed E-state index contributed by atoms with van der Waals surface area (Å²) in [4.78, 5) is 180. The summed E-state index contributed by atoms with van der Waals surface area (Å²) in [6.45, 7) is 12.1. The van der Waals surface area contributed by atoms with Crippen molar-refractivity contribution in [2.45, 2.75) is 212 Å². The second-order valence-corrected chi connectivity index (χ2v) is 29.9. The predicted octanol–water partition coefficient (Wildman–Crippen LogP) is 5.15. The van der Waals surface area contributed by atoms with E-state index in [9.17, 15) is 78.0 Å². The van der Waals surface area contributed by atoms with Gasteiger partial charge in [-0.05, 0) is 100 Å². The average molecular weight is 1510 g/mol.